The Morgan fingerprint density at radius 1 is 1.06 bits per heavy atom. The van der Waals surface area contributed by atoms with Crippen LogP contribution in [0.1, 0.15) is 13.3 Å². The minimum absolute atomic E-state index is 0. The SMILES string of the molecule is CN=C(NCCC(=O)N1CCN(c2ccccc2)CC1)NCC(C)Oc1ccccc1F.I. The summed E-state index contributed by atoms with van der Waals surface area (Å²) in [7, 11) is 1.67. The first-order chi connectivity index (χ1) is 15.6. The van der Waals surface area contributed by atoms with Crippen LogP contribution in [0.4, 0.5) is 10.1 Å². The van der Waals surface area contributed by atoms with Crippen molar-refractivity contribution >= 4 is 41.5 Å². The molecule has 0 aromatic heterocycles. The van der Waals surface area contributed by atoms with Gasteiger partial charge in [0.2, 0.25) is 5.91 Å². The number of hydrogen-bond donors (Lipinski definition) is 2. The second kappa shape index (κ2) is 13.9. The molecule has 1 aliphatic rings. The highest BCUT2D eigenvalue weighted by atomic mass is 127. The molecule has 3 rings (SSSR count). The summed E-state index contributed by atoms with van der Waals surface area (Å²) in [5.41, 5.74) is 1.20. The van der Waals surface area contributed by atoms with Gasteiger partial charge in [-0.3, -0.25) is 9.79 Å². The number of para-hydroxylation sites is 2. The molecule has 0 spiro atoms. The number of halogens is 2. The number of hydrogen-bond acceptors (Lipinski definition) is 4. The number of nitrogens with zero attached hydrogens (tertiary/aromatic N) is 3. The number of rotatable bonds is 8. The second-order valence-corrected chi connectivity index (χ2v) is 7.69. The first-order valence-electron chi connectivity index (χ1n) is 11.0. The second-order valence-electron chi connectivity index (χ2n) is 7.69. The van der Waals surface area contributed by atoms with Crippen LogP contribution in [0.2, 0.25) is 0 Å². The maximum atomic E-state index is 13.7. The maximum Gasteiger partial charge on any atom is 0.224 e. The highest BCUT2D eigenvalue weighted by Crippen LogP contribution is 2.17. The Labute approximate surface area is 212 Å². The van der Waals surface area contributed by atoms with Crippen LogP contribution in [0.15, 0.2) is 59.6 Å². The van der Waals surface area contributed by atoms with Crippen LogP contribution in [-0.2, 0) is 4.79 Å². The van der Waals surface area contributed by atoms with E-state index in [-0.39, 0.29) is 47.6 Å². The van der Waals surface area contributed by atoms with Gasteiger partial charge in [-0.2, -0.15) is 0 Å². The molecule has 0 saturated carbocycles. The van der Waals surface area contributed by atoms with Crippen molar-refractivity contribution in [2.45, 2.75) is 19.4 Å². The molecule has 1 unspecified atom stereocenters. The lowest BCUT2D eigenvalue weighted by atomic mass is 10.2. The number of piperazine rings is 1. The van der Waals surface area contributed by atoms with Crippen molar-refractivity contribution in [3.8, 4) is 5.75 Å². The largest absolute Gasteiger partial charge is 0.486 e. The third kappa shape index (κ3) is 8.38. The number of aliphatic imine (C=N–C) groups is 1. The van der Waals surface area contributed by atoms with Crippen molar-refractivity contribution in [3.63, 3.8) is 0 Å². The minimum Gasteiger partial charge on any atom is -0.486 e. The van der Waals surface area contributed by atoms with E-state index < -0.39 is 0 Å². The van der Waals surface area contributed by atoms with E-state index in [0.29, 0.717) is 25.5 Å². The Bertz CT molecular complexity index is 891. The Kier molecular flexibility index (Phi) is 11.2. The molecule has 2 aromatic carbocycles. The predicted molar refractivity (Wildman–Crippen MR) is 141 cm³/mol. The minimum atomic E-state index is -0.384. The van der Waals surface area contributed by atoms with Crippen LogP contribution in [0, 0.1) is 5.82 Å². The fourth-order valence-electron chi connectivity index (χ4n) is 3.56. The normalized spacial score (nSPS) is 14.8. The highest BCUT2D eigenvalue weighted by molar-refractivity contribution is 14.0. The number of anilines is 1. The summed E-state index contributed by atoms with van der Waals surface area (Å²) in [6.07, 6.45) is 0.140. The molecule has 33 heavy (non-hydrogen) atoms. The molecular formula is C24H33FIN5O2. The molecule has 0 radical (unpaired) electrons. The number of carbonyl (C=O) groups is 1. The van der Waals surface area contributed by atoms with Gasteiger partial charge >= 0.3 is 0 Å². The molecule has 2 aromatic rings. The summed E-state index contributed by atoms with van der Waals surface area (Å²) < 4.78 is 19.3. The molecule has 9 heteroatoms. The Balaban J connectivity index is 0.00000385. The predicted octanol–water partition coefficient (Wildman–Crippen LogP) is 3.11. The fraction of sp³-hybridized carbons (Fsp3) is 0.417. The van der Waals surface area contributed by atoms with Crippen molar-refractivity contribution in [3.05, 3.63) is 60.4 Å². The Morgan fingerprint density at radius 3 is 2.39 bits per heavy atom. The molecule has 180 valence electrons. The zero-order chi connectivity index (χ0) is 22.8. The van der Waals surface area contributed by atoms with E-state index in [1.165, 1.54) is 11.8 Å². The molecular weight excluding hydrogens is 536 g/mol. The van der Waals surface area contributed by atoms with E-state index in [9.17, 15) is 9.18 Å². The van der Waals surface area contributed by atoms with Crippen LogP contribution in [0.3, 0.4) is 0 Å². The van der Waals surface area contributed by atoms with Crippen molar-refractivity contribution in [1.82, 2.24) is 15.5 Å². The number of carbonyl (C=O) groups excluding carboxylic acids is 1. The van der Waals surface area contributed by atoms with Crippen molar-refractivity contribution < 1.29 is 13.9 Å². The quantitative estimate of drug-likeness (QED) is 0.291. The van der Waals surface area contributed by atoms with E-state index in [2.05, 4.69) is 32.7 Å². The van der Waals surface area contributed by atoms with Crippen LogP contribution in [0.25, 0.3) is 0 Å². The topological polar surface area (TPSA) is 69.2 Å². The lowest BCUT2D eigenvalue weighted by Crippen LogP contribution is -2.49. The summed E-state index contributed by atoms with van der Waals surface area (Å²) >= 11 is 0. The van der Waals surface area contributed by atoms with E-state index >= 15 is 0 Å². The van der Waals surface area contributed by atoms with E-state index in [4.69, 9.17) is 4.74 Å². The number of nitrogens with one attached hydrogen (secondary N) is 2. The molecule has 1 amide bonds. The van der Waals surface area contributed by atoms with Crippen LogP contribution >= 0.6 is 24.0 Å². The average Bonchev–Trinajstić information content (AvgIpc) is 2.83. The van der Waals surface area contributed by atoms with Gasteiger partial charge in [0.1, 0.15) is 6.10 Å². The first-order valence-corrected chi connectivity index (χ1v) is 11.0. The molecule has 2 N–H and O–H groups in total. The van der Waals surface area contributed by atoms with Gasteiger partial charge in [-0.25, -0.2) is 4.39 Å². The van der Waals surface area contributed by atoms with Gasteiger partial charge in [0.15, 0.2) is 17.5 Å². The molecule has 1 aliphatic heterocycles. The molecule has 0 aliphatic carbocycles. The smallest absolute Gasteiger partial charge is 0.224 e. The standard InChI is InChI=1S/C24H32FN5O2.HI/c1-19(32-22-11-7-6-10-21(22)25)18-28-24(26-2)27-13-12-23(31)30-16-14-29(15-17-30)20-8-4-3-5-9-20;/h3-11,19H,12-18H2,1-2H3,(H2,26,27,28);1H. The summed E-state index contributed by atoms with van der Waals surface area (Å²) in [5, 5.41) is 6.30. The summed E-state index contributed by atoms with van der Waals surface area (Å²) in [4.78, 5) is 21.0. The lowest BCUT2D eigenvalue weighted by molar-refractivity contribution is -0.131. The van der Waals surface area contributed by atoms with Gasteiger partial charge in [0.05, 0.1) is 6.54 Å². The molecule has 1 atom stereocenters. The van der Waals surface area contributed by atoms with Gasteiger partial charge in [-0.1, -0.05) is 30.3 Å². The zero-order valence-electron chi connectivity index (χ0n) is 19.2. The van der Waals surface area contributed by atoms with Gasteiger partial charge in [-0.05, 0) is 31.2 Å². The summed E-state index contributed by atoms with van der Waals surface area (Å²) in [6, 6.07) is 16.6. The van der Waals surface area contributed by atoms with Crippen molar-refractivity contribution in [2.75, 3.05) is 51.2 Å². The number of benzene rings is 2. The van der Waals surface area contributed by atoms with Gasteiger partial charge in [-0.15, -0.1) is 24.0 Å². The fourth-order valence-corrected chi connectivity index (χ4v) is 3.56. The van der Waals surface area contributed by atoms with Crippen molar-refractivity contribution in [2.24, 2.45) is 4.99 Å². The van der Waals surface area contributed by atoms with Crippen LogP contribution in [0.5, 0.6) is 5.75 Å². The van der Waals surface area contributed by atoms with Gasteiger partial charge in [0.25, 0.3) is 0 Å². The van der Waals surface area contributed by atoms with E-state index in [1.807, 2.05) is 30.0 Å². The Hall–Kier alpha value is -2.56. The third-order valence-corrected chi connectivity index (χ3v) is 5.33. The Morgan fingerprint density at radius 2 is 1.73 bits per heavy atom. The first kappa shape index (κ1) is 26.7. The van der Waals surface area contributed by atoms with Crippen molar-refractivity contribution in [1.29, 1.82) is 0 Å². The summed E-state index contributed by atoms with van der Waals surface area (Å²) in [6.45, 7) is 5.92. The maximum absolute atomic E-state index is 13.7. The number of ether oxygens (including phenoxy) is 1. The van der Waals surface area contributed by atoms with Gasteiger partial charge in [0, 0.05) is 51.9 Å². The van der Waals surface area contributed by atoms with Crippen LogP contribution in [-0.4, -0.2) is 69.2 Å². The monoisotopic (exact) mass is 569 g/mol. The molecule has 1 saturated heterocycles. The third-order valence-electron chi connectivity index (χ3n) is 5.33. The number of guanidine groups is 1. The summed E-state index contributed by atoms with van der Waals surface area (Å²) in [5.74, 6) is 0.556. The molecule has 1 heterocycles. The highest BCUT2D eigenvalue weighted by Gasteiger charge is 2.21. The van der Waals surface area contributed by atoms with E-state index in [0.717, 1.165) is 26.2 Å². The lowest BCUT2D eigenvalue weighted by Gasteiger charge is -2.36. The molecule has 7 nitrogen and oxygen atoms in total. The van der Waals surface area contributed by atoms with Crippen LogP contribution < -0.4 is 20.3 Å². The van der Waals surface area contributed by atoms with Gasteiger partial charge < -0.3 is 25.2 Å². The average molecular weight is 569 g/mol. The molecule has 0 bridgehead atoms. The zero-order valence-corrected chi connectivity index (χ0v) is 21.5. The molecule has 1 fully saturated rings. The number of amides is 1. The van der Waals surface area contributed by atoms with E-state index in [1.54, 1.807) is 25.2 Å².